The molecule has 3 rings (SSSR count). The Morgan fingerprint density at radius 1 is 0.933 bits per heavy atom. The highest BCUT2D eigenvalue weighted by atomic mass is 14.7. The second kappa shape index (κ2) is 3.35. The van der Waals surface area contributed by atoms with Gasteiger partial charge in [0.2, 0.25) is 0 Å². The maximum atomic E-state index is 4.16. The van der Waals surface area contributed by atoms with Crippen LogP contribution in [0, 0.1) is 0 Å². The Balaban J connectivity index is 2.26. The molecule has 0 aromatic heterocycles. The van der Waals surface area contributed by atoms with Crippen molar-refractivity contribution >= 4 is 22.6 Å². The molecule has 1 nitrogen and oxygen atoms in total. The van der Waals surface area contributed by atoms with Crippen LogP contribution in [0.4, 0.5) is 0 Å². The van der Waals surface area contributed by atoms with E-state index in [0.29, 0.717) is 0 Å². The minimum absolute atomic E-state index is 0.952. The first kappa shape index (κ1) is 8.42. The van der Waals surface area contributed by atoms with E-state index in [1.165, 1.54) is 21.9 Å². The molecule has 2 aromatic rings. The summed E-state index contributed by atoms with van der Waals surface area (Å²) in [5, 5.41) is 2.61. The highest BCUT2D eigenvalue weighted by Gasteiger charge is 2.07. The van der Waals surface area contributed by atoms with Gasteiger partial charge < -0.3 is 0 Å². The molecular formula is C14H11N. The van der Waals surface area contributed by atoms with E-state index in [1.807, 2.05) is 12.4 Å². The molecule has 15 heavy (non-hydrogen) atoms. The van der Waals surface area contributed by atoms with Gasteiger partial charge in [0.15, 0.2) is 0 Å². The highest BCUT2D eigenvalue weighted by Crippen LogP contribution is 2.28. The van der Waals surface area contributed by atoms with Crippen molar-refractivity contribution in [3.05, 3.63) is 54.2 Å². The first-order valence-corrected chi connectivity index (χ1v) is 5.14. The van der Waals surface area contributed by atoms with Crippen LogP contribution in [-0.2, 0) is 0 Å². The molecule has 0 fully saturated rings. The molecule has 0 atom stereocenters. The standard InChI is InChI=1S/C14H11N/c1-2-6-13-11(4-1)5-3-7-14(13)12-8-9-15-10-12/h1-7,9-10H,8H2. The fourth-order valence-electron chi connectivity index (χ4n) is 2.03. The zero-order chi connectivity index (χ0) is 10.1. The number of hydrogen-bond donors (Lipinski definition) is 0. The van der Waals surface area contributed by atoms with Gasteiger partial charge >= 0.3 is 0 Å². The summed E-state index contributed by atoms with van der Waals surface area (Å²) in [6.07, 6.45) is 4.87. The minimum atomic E-state index is 0.952. The smallest absolute Gasteiger partial charge is 0.0306 e. The first-order chi connectivity index (χ1) is 7.45. The zero-order valence-electron chi connectivity index (χ0n) is 8.35. The van der Waals surface area contributed by atoms with Gasteiger partial charge in [-0.1, -0.05) is 42.5 Å². The number of aliphatic imine (C=N–C) groups is 1. The van der Waals surface area contributed by atoms with Crippen LogP contribution < -0.4 is 0 Å². The Morgan fingerprint density at radius 2 is 1.80 bits per heavy atom. The van der Waals surface area contributed by atoms with Gasteiger partial charge in [-0.25, -0.2) is 0 Å². The molecule has 1 heterocycles. The Labute approximate surface area is 88.8 Å². The molecule has 0 unspecified atom stereocenters. The molecule has 1 heteroatoms. The second-order valence-corrected chi connectivity index (χ2v) is 3.72. The van der Waals surface area contributed by atoms with Crippen LogP contribution in [0.25, 0.3) is 16.3 Å². The number of benzene rings is 2. The average molecular weight is 193 g/mol. The molecule has 72 valence electrons. The normalized spacial score (nSPS) is 14.5. The van der Waals surface area contributed by atoms with Crippen molar-refractivity contribution in [1.82, 2.24) is 0 Å². The number of fused-ring (bicyclic) bond motifs is 1. The lowest BCUT2D eigenvalue weighted by Gasteiger charge is -2.06. The quantitative estimate of drug-likeness (QED) is 0.655. The first-order valence-electron chi connectivity index (χ1n) is 5.14. The molecule has 0 spiro atoms. The largest absolute Gasteiger partial charge is 0.268 e. The third-order valence-corrected chi connectivity index (χ3v) is 2.78. The van der Waals surface area contributed by atoms with Gasteiger partial charge in [-0.05, 0) is 21.9 Å². The Hall–Kier alpha value is -1.89. The summed E-state index contributed by atoms with van der Waals surface area (Å²) in [6.45, 7) is 0. The number of nitrogens with zero attached hydrogens (tertiary/aromatic N) is 1. The van der Waals surface area contributed by atoms with Crippen molar-refractivity contribution in [3.8, 4) is 0 Å². The SMILES string of the molecule is C1=NC=C(c2cccc3ccccc23)C1. The van der Waals surface area contributed by atoms with Gasteiger partial charge in [-0.15, -0.1) is 0 Å². The van der Waals surface area contributed by atoms with Crippen LogP contribution in [-0.4, -0.2) is 6.21 Å². The Kier molecular flexibility index (Phi) is 1.88. The second-order valence-electron chi connectivity index (χ2n) is 3.72. The van der Waals surface area contributed by atoms with E-state index in [0.717, 1.165) is 6.42 Å². The molecule has 0 bridgehead atoms. The molecule has 0 N–H and O–H groups in total. The lowest BCUT2D eigenvalue weighted by Crippen LogP contribution is -1.84. The van der Waals surface area contributed by atoms with Gasteiger partial charge in [0.1, 0.15) is 0 Å². The van der Waals surface area contributed by atoms with Crippen LogP contribution in [0.1, 0.15) is 12.0 Å². The Morgan fingerprint density at radius 3 is 2.67 bits per heavy atom. The van der Waals surface area contributed by atoms with E-state index in [2.05, 4.69) is 47.5 Å². The summed E-state index contributed by atoms with van der Waals surface area (Å²) in [6, 6.07) is 14.9. The highest BCUT2D eigenvalue weighted by molar-refractivity contribution is 5.97. The number of allylic oxidation sites excluding steroid dienone is 1. The van der Waals surface area contributed by atoms with Crippen LogP contribution in [0.2, 0.25) is 0 Å². The summed E-state index contributed by atoms with van der Waals surface area (Å²) in [5.74, 6) is 0. The van der Waals surface area contributed by atoms with Gasteiger partial charge in [-0.3, -0.25) is 4.99 Å². The average Bonchev–Trinajstić information content (AvgIpc) is 2.82. The predicted octanol–water partition coefficient (Wildman–Crippen LogP) is 3.66. The summed E-state index contributed by atoms with van der Waals surface area (Å²) >= 11 is 0. The lowest BCUT2D eigenvalue weighted by atomic mass is 9.98. The van der Waals surface area contributed by atoms with Crippen LogP contribution in [0.15, 0.2) is 53.7 Å². The molecule has 1 aliphatic heterocycles. The maximum absolute atomic E-state index is 4.16. The molecular weight excluding hydrogens is 182 g/mol. The van der Waals surface area contributed by atoms with Crippen LogP contribution in [0.3, 0.4) is 0 Å². The summed E-state index contributed by atoms with van der Waals surface area (Å²) < 4.78 is 0. The number of rotatable bonds is 1. The third-order valence-electron chi connectivity index (χ3n) is 2.78. The molecule has 1 aliphatic rings. The Bertz CT molecular complexity index is 559. The lowest BCUT2D eigenvalue weighted by molar-refractivity contribution is 1.55. The molecule has 0 radical (unpaired) electrons. The van der Waals surface area contributed by atoms with E-state index in [1.54, 1.807) is 0 Å². The summed E-state index contributed by atoms with van der Waals surface area (Å²) in [5.41, 5.74) is 2.62. The van der Waals surface area contributed by atoms with Crippen molar-refractivity contribution in [3.63, 3.8) is 0 Å². The van der Waals surface area contributed by atoms with E-state index in [-0.39, 0.29) is 0 Å². The van der Waals surface area contributed by atoms with E-state index in [4.69, 9.17) is 0 Å². The monoisotopic (exact) mass is 193 g/mol. The van der Waals surface area contributed by atoms with Gasteiger partial charge in [0.05, 0.1) is 0 Å². The van der Waals surface area contributed by atoms with E-state index >= 15 is 0 Å². The van der Waals surface area contributed by atoms with Crippen LogP contribution >= 0.6 is 0 Å². The third kappa shape index (κ3) is 1.37. The minimum Gasteiger partial charge on any atom is -0.268 e. The van der Waals surface area contributed by atoms with Crippen molar-refractivity contribution in [2.24, 2.45) is 4.99 Å². The van der Waals surface area contributed by atoms with Crippen molar-refractivity contribution in [2.45, 2.75) is 6.42 Å². The summed E-state index contributed by atoms with van der Waals surface area (Å²) in [7, 11) is 0. The predicted molar refractivity (Wildman–Crippen MR) is 65.0 cm³/mol. The zero-order valence-corrected chi connectivity index (χ0v) is 8.35. The summed E-state index contributed by atoms with van der Waals surface area (Å²) in [4.78, 5) is 4.16. The van der Waals surface area contributed by atoms with Gasteiger partial charge in [0.25, 0.3) is 0 Å². The topological polar surface area (TPSA) is 12.4 Å². The number of hydrogen-bond acceptors (Lipinski definition) is 1. The fraction of sp³-hybridized carbons (Fsp3) is 0.0714. The molecule has 0 saturated carbocycles. The van der Waals surface area contributed by atoms with Crippen molar-refractivity contribution in [1.29, 1.82) is 0 Å². The fourth-order valence-corrected chi connectivity index (χ4v) is 2.03. The van der Waals surface area contributed by atoms with Gasteiger partial charge in [-0.2, -0.15) is 0 Å². The van der Waals surface area contributed by atoms with Gasteiger partial charge in [0, 0.05) is 18.8 Å². The molecule has 0 amide bonds. The van der Waals surface area contributed by atoms with Crippen molar-refractivity contribution in [2.75, 3.05) is 0 Å². The van der Waals surface area contributed by atoms with E-state index in [9.17, 15) is 0 Å². The van der Waals surface area contributed by atoms with E-state index < -0.39 is 0 Å². The maximum Gasteiger partial charge on any atom is 0.0306 e. The van der Waals surface area contributed by atoms with Crippen molar-refractivity contribution < 1.29 is 0 Å². The molecule has 2 aromatic carbocycles. The molecule has 0 aliphatic carbocycles. The molecule has 0 saturated heterocycles. The van der Waals surface area contributed by atoms with Crippen LogP contribution in [0.5, 0.6) is 0 Å².